The van der Waals surface area contributed by atoms with Crippen LogP contribution in [0.2, 0.25) is 0 Å². The fourth-order valence-electron chi connectivity index (χ4n) is 3.04. The number of rotatable bonds is 1. The van der Waals surface area contributed by atoms with Crippen LogP contribution in [-0.2, 0) is 11.8 Å². The Bertz CT molecular complexity index is 633. The predicted octanol–water partition coefficient (Wildman–Crippen LogP) is 4.56. The molecule has 1 nitrogen and oxygen atoms in total. The monoisotopic (exact) mass is 252 g/mol. The summed E-state index contributed by atoms with van der Waals surface area (Å²) in [6.07, 6.45) is 0.985. The normalized spacial score (nSPS) is 13.1. The molecule has 1 aliphatic carbocycles. The van der Waals surface area contributed by atoms with Crippen LogP contribution < -0.4 is 4.74 Å². The lowest BCUT2D eigenvalue weighted by Crippen LogP contribution is -2.13. The Morgan fingerprint density at radius 1 is 1.00 bits per heavy atom. The Labute approximate surface area is 115 Å². The first-order valence-corrected chi connectivity index (χ1v) is 6.81. The number of fused-ring (bicyclic) bond motifs is 3. The van der Waals surface area contributed by atoms with E-state index in [-0.39, 0.29) is 5.41 Å². The van der Waals surface area contributed by atoms with Gasteiger partial charge in [0.25, 0.3) is 0 Å². The second kappa shape index (κ2) is 4.12. The average molecular weight is 252 g/mol. The molecule has 0 heterocycles. The number of methoxy groups -OCH3 is 1. The van der Waals surface area contributed by atoms with Crippen molar-refractivity contribution >= 4 is 0 Å². The fraction of sp³-hybridized carbons (Fsp3) is 0.333. The second-order valence-corrected chi connectivity index (χ2v) is 6.25. The Hall–Kier alpha value is -1.76. The van der Waals surface area contributed by atoms with E-state index in [4.69, 9.17) is 4.74 Å². The van der Waals surface area contributed by atoms with Crippen LogP contribution >= 0.6 is 0 Å². The first-order valence-electron chi connectivity index (χ1n) is 6.81. The molecule has 0 fully saturated rings. The summed E-state index contributed by atoms with van der Waals surface area (Å²) in [6, 6.07) is 13.0. The van der Waals surface area contributed by atoms with Crippen LogP contribution in [0.25, 0.3) is 11.1 Å². The molecular weight excluding hydrogens is 232 g/mol. The van der Waals surface area contributed by atoms with E-state index in [0.717, 1.165) is 12.2 Å². The second-order valence-electron chi connectivity index (χ2n) is 6.25. The van der Waals surface area contributed by atoms with E-state index in [2.05, 4.69) is 57.2 Å². The Kier molecular flexibility index (Phi) is 2.67. The summed E-state index contributed by atoms with van der Waals surface area (Å²) in [7, 11) is 1.76. The van der Waals surface area contributed by atoms with E-state index in [9.17, 15) is 0 Å². The molecule has 0 amide bonds. The first-order chi connectivity index (χ1) is 9.02. The largest absolute Gasteiger partial charge is 0.496 e. The van der Waals surface area contributed by atoms with Gasteiger partial charge >= 0.3 is 0 Å². The Morgan fingerprint density at radius 3 is 2.42 bits per heavy atom. The number of hydrogen-bond acceptors (Lipinski definition) is 1. The van der Waals surface area contributed by atoms with Crippen LogP contribution in [0.3, 0.4) is 0 Å². The van der Waals surface area contributed by atoms with Crippen LogP contribution in [0.4, 0.5) is 0 Å². The summed E-state index contributed by atoms with van der Waals surface area (Å²) in [6.45, 7) is 6.82. The molecule has 2 aromatic rings. The molecule has 98 valence electrons. The molecule has 19 heavy (non-hydrogen) atoms. The average Bonchev–Trinajstić information content (AvgIpc) is 2.75. The molecule has 0 bridgehead atoms. The summed E-state index contributed by atoms with van der Waals surface area (Å²) in [5.41, 5.74) is 7.08. The van der Waals surface area contributed by atoms with E-state index in [1.54, 1.807) is 7.11 Å². The van der Waals surface area contributed by atoms with Crippen LogP contribution in [0.5, 0.6) is 5.75 Å². The first kappa shape index (κ1) is 12.3. The highest BCUT2D eigenvalue weighted by molar-refractivity contribution is 5.82. The van der Waals surface area contributed by atoms with Gasteiger partial charge in [-0.1, -0.05) is 51.1 Å². The summed E-state index contributed by atoms with van der Waals surface area (Å²) in [5, 5.41) is 0. The molecule has 1 heteroatoms. The van der Waals surface area contributed by atoms with Gasteiger partial charge in [0.1, 0.15) is 5.75 Å². The van der Waals surface area contributed by atoms with Crippen molar-refractivity contribution in [2.24, 2.45) is 0 Å². The third-order valence-electron chi connectivity index (χ3n) is 3.95. The maximum Gasteiger partial charge on any atom is 0.123 e. The molecule has 0 spiro atoms. The molecule has 0 saturated heterocycles. The third kappa shape index (κ3) is 1.85. The zero-order valence-corrected chi connectivity index (χ0v) is 12.1. The van der Waals surface area contributed by atoms with Crippen LogP contribution in [0.1, 0.15) is 37.5 Å². The fourth-order valence-corrected chi connectivity index (χ4v) is 3.04. The summed E-state index contributed by atoms with van der Waals surface area (Å²) in [5.74, 6) is 1.01. The van der Waals surface area contributed by atoms with Gasteiger partial charge in [-0.2, -0.15) is 0 Å². The van der Waals surface area contributed by atoms with Crippen molar-refractivity contribution in [1.82, 2.24) is 0 Å². The molecule has 0 unspecified atom stereocenters. The molecule has 0 atom stereocenters. The SMILES string of the molecule is COc1ccc(C(C)(C)C)c2c1Cc1ccccc1-2. The van der Waals surface area contributed by atoms with Gasteiger partial charge in [0.15, 0.2) is 0 Å². The van der Waals surface area contributed by atoms with E-state index < -0.39 is 0 Å². The van der Waals surface area contributed by atoms with Crippen molar-refractivity contribution in [3.05, 3.63) is 53.1 Å². The molecule has 0 saturated carbocycles. The van der Waals surface area contributed by atoms with Crippen molar-refractivity contribution in [3.8, 4) is 16.9 Å². The zero-order valence-electron chi connectivity index (χ0n) is 12.1. The molecule has 2 aromatic carbocycles. The van der Waals surface area contributed by atoms with Crippen molar-refractivity contribution in [2.45, 2.75) is 32.6 Å². The smallest absolute Gasteiger partial charge is 0.123 e. The lowest BCUT2D eigenvalue weighted by molar-refractivity contribution is 0.410. The molecule has 1 aliphatic rings. The quantitative estimate of drug-likeness (QED) is 0.616. The third-order valence-corrected chi connectivity index (χ3v) is 3.95. The van der Waals surface area contributed by atoms with Crippen LogP contribution in [0.15, 0.2) is 36.4 Å². The van der Waals surface area contributed by atoms with Crippen molar-refractivity contribution < 1.29 is 4.74 Å². The highest BCUT2D eigenvalue weighted by atomic mass is 16.5. The molecule has 3 rings (SSSR count). The van der Waals surface area contributed by atoms with Gasteiger partial charge in [-0.05, 0) is 33.7 Å². The zero-order chi connectivity index (χ0) is 13.6. The standard InChI is InChI=1S/C18H20O/c1-18(2,3)15-9-10-16(19-4)14-11-12-7-5-6-8-13(12)17(14)15/h5-10H,11H2,1-4H3. The Morgan fingerprint density at radius 2 is 1.74 bits per heavy atom. The van der Waals surface area contributed by atoms with E-state index in [1.807, 2.05) is 0 Å². The van der Waals surface area contributed by atoms with Gasteiger partial charge in [0, 0.05) is 12.0 Å². The van der Waals surface area contributed by atoms with Crippen LogP contribution in [0, 0.1) is 0 Å². The predicted molar refractivity (Wildman–Crippen MR) is 79.9 cm³/mol. The van der Waals surface area contributed by atoms with Gasteiger partial charge in [0.05, 0.1) is 7.11 Å². The van der Waals surface area contributed by atoms with Crippen molar-refractivity contribution in [1.29, 1.82) is 0 Å². The maximum atomic E-state index is 5.56. The lowest BCUT2D eigenvalue weighted by Gasteiger charge is -2.24. The van der Waals surface area contributed by atoms with E-state index in [1.165, 1.54) is 27.8 Å². The summed E-state index contributed by atoms with van der Waals surface area (Å²) >= 11 is 0. The van der Waals surface area contributed by atoms with Gasteiger partial charge in [-0.15, -0.1) is 0 Å². The van der Waals surface area contributed by atoms with Gasteiger partial charge < -0.3 is 4.74 Å². The van der Waals surface area contributed by atoms with E-state index in [0.29, 0.717) is 0 Å². The van der Waals surface area contributed by atoms with Gasteiger partial charge in [-0.25, -0.2) is 0 Å². The number of hydrogen-bond donors (Lipinski definition) is 0. The minimum atomic E-state index is 0.147. The topological polar surface area (TPSA) is 9.23 Å². The highest BCUT2D eigenvalue weighted by Gasteiger charge is 2.28. The molecule has 0 aromatic heterocycles. The minimum Gasteiger partial charge on any atom is -0.496 e. The van der Waals surface area contributed by atoms with Crippen molar-refractivity contribution in [3.63, 3.8) is 0 Å². The number of ether oxygens (including phenoxy) is 1. The summed E-state index contributed by atoms with van der Waals surface area (Å²) in [4.78, 5) is 0. The summed E-state index contributed by atoms with van der Waals surface area (Å²) < 4.78 is 5.56. The lowest BCUT2D eigenvalue weighted by atomic mass is 9.81. The van der Waals surface area contributed by atoms with Gasteiger partial charge in [0.2, 0.25) is 0 Å². The van der Waals surface area contributed by atoms with Crippen LogP contribution in [-0.4, -0.2) is 7.11 Å². The number of benzene rings is 2. The highest BCUT2D eigenvalue weighted by Crippen LogP contribution is 2.46. The molecular formula is C18H20O. The molecule has 0 aliphatic heterocycles. The maximum absolute atomic E-state index is 5.56. The van der Waals surface area contributed by atoms with Crippen molar-refractivity contribution in [2.75, 3.05) is 7.11 Å². The minimum absolute atomic E-state index is 0.147. The molecule has 0 N–H and O–H groups in total. The Balaban J connectivity index is 2.33. The van der Waals surface area contributed by atoms with E-state index >= 15 is 0 Å². The molecule has 0 radical (unpaired) electrons. The van der Waals surface area contributed by atoms with Gasteiger partial charge in [-0.3, -0.25) is 0 Å².